The number of halogens is 1. The van der Waals surface area contributed by atoms with Crippen LogP contribution in [-0.4, -0.2) is 46.5 Å². The van der Waals surface area contributed by atoms with E-state index in [1.54, 1.807) is 0 Å². The minimum atomic E-state index is -0.0364. The molecule has 0 atom stereocenters. The van der Waals surface area contributed by atoms with Gasteiger partial charge in [-0.15, -0.1) is 0 Å². The fourth-order valence-corrected chi connectivity index (χ4v) is 4.62. The van der Waals surface area contributed by atoms with Gasteiger partial charge in [0.15, 0.2) is 0 Å². The molecule has 2 aliphatic rings. The predicted octanol–water partition coefficient (Wildman–Crippen LogP) is 4.54. The van der Waals surface area contributed by atoms with Crippen LogP contribution in [-0.2, 0) is 13.0 Å². The summed E-state index contributed by atoms with van der Waals surface area (Å²) in [5.41, 5.74) is 2.70. The fourth-order valence-electron chi connectivity index (χ4n) is 4.49. The Morgan fingerprint density at radius 3 is 2.41 bits per heavy atom. The number of amides is 1. The maximum absolute atomic E-state index is 13.0. The van der Waals surface area contributed by atoms with Gasteiger partial charge in [0.2, 0.25) is 0 Å². The van der Waals surface area contributed by atoms with Gasteiger partial charge in [0, 0.05) is 30.2 Å². The van der Waals surface area contributed by atoms with Gasteiger partial charge in [0.1, 0.15) is 11.5 Å². The Morgan fingerprint density at radius 2 is 1.66 bits per heavy atom. The van der Waals surface area contributed by atoms with Crippen molar-refractivity contribution in [1.29, 1.82) is 0 Å². The standard InChI is InChI=1S/C23H31ClN4O/c24-19-11-9-18(10-12-19)22-26-21(20-8-4-3-7-16-28(20)22)23(29)25-13-17-27-14-5-1-2-6-15-27/h9-12H,1-8,13-17H2,(H,25,29). The second-order valence-electron chi connectivity index (χ2n) is 8.21. The third kappa shape index (κ3) is 5.01. The van der Waals surface area contributed by atoms with Crippen molar-refractivity contribution in [2.45, 2.75) is 57.9 Å². The molecule has 0 aliphatic carbocycles. The lowest BCUT2D eigenvalue weighted by Gasteiger charge is -2.19. The zero-order valence-corrected chi connectivity index (χ0v) is 17.9. The first-order valence-corrected chi connectivity index (χ1v) is 11.5. The van der Waals surface area contributed by atoms with Crippen LogP contribution in [0.25, 0.3) is 11.4 Å². The SMILES string of the molecule is O=C(NCCN1CCCCCC1)c1nc(-c2ccc(Cl)cc2)n2c1CCCCC2. The molecule has 29 heavy (non-hydrogen) atoms. The normalized spacial score (nSPS) is 18.0. The van der Waals surface area contributed by atoms with E-state index in [1.807, 2.05) is 24.3 Å². The van der Waals surface area contributed by atoms with Crippen molar-refractivity contribution in [3.63, 3.8) is 0 Å². The third-order valence-electron chi connectivity index (χ3n) is 6.10. The molecule has 1 aromatic heterocycles. The van der Waals surface area contributed by atoms with E-state index in [0.29, 0.717) is 17.3 Å². The van der Waals surface area contributed by atoms with Gasteiger partial charge in [-0.2, -0.15) is 0 Å². The van der Waals surface area contributed by atoms with Gasteiger partial charge in [-0.1, -0.05) is 30.9 Å². The van der Waals surface area contributed by atoms with E-state index in [4.69, 9.17) is 16.6 Å². The van der Waals surface area contributed by atoms with Crippen LogP contribution in [0.4, 0.5) is 0 Å². The van der Waals surface area contributed by atoms with Gasteiger partial charge < -0.3 is 14.8 Å². The maximum atomic E-state index is 13.0. The van der Waals surface area contributed by atoms with Crippen molar-refractivity contribution < 1.29 is 4.79 Å². The average Bonchev–Trinajstić information content (AvgIpc) is 2.93. The molecule has 5 nitrogen and oxygen atoms in total. The van der Waals surface area contributed by atoms with E-state index < -0.39 is 0 Å². The second kappa shape index (κ2) is 9.77. The fraction of sp³-hybridized carbons (Fsp3) is 0.565. The Morgan fingerprint density at radius 1 is 0.966 bits per heavy atom. The van der Waals surface area contributed by atoms with E-state index in [-0.39, 0.29) is 5.91 Å². The summed E-state index contributed by atoms with van der Waals surface area (Å²) < 4.78 is 2.25. The molecule has 0 saturated carbocycles. The number of rotatable bonds is 5. The molecule has 2 aliphatic heterocycles. The average molecular weight is 415 g/mol. The van der Waals surface area contributed by atoms with Gasteiger partial charge in [-0.3, -0.25) is 4.79 Å². The minimum Gasteiger partial charge on any atom is -0.349 e. The van der Waals surface area contributed by atoms with Crippen LogP contribution >= 0.6 is 11.6 Å². The Balaban J connectivity index is 1.50. The van der Waals surface area contributed by atoms with Crippen LogP contribution in [0, 0.1) is 0 Å². The van der Waals surface area contributed by atoms with Crippen molar-refractivity contribution in [1.82, 2.24) is 19.8 Å². The summed E-state index contributed by atoms with van der Waals surface area (Å²) >= 11 is 6.06. The predicted molar refractivity (Wildman–Crippen MR) is 117 cm³/mol. The first-order chi connectivity index (χ1) is 14.2. The highest BCUT2D eigenvalue weighted by Gasteiger charge is 2.24. The van der Waals surface area contributed by atoms with Crippen molar-refractivity contribution in [2.24, 2.45) is 0 Å². The lowest BCUT2D eigenvalue weighted by Crippen LogP contribution is -2.36. The van der Waals surface area contributed by atoms with Crippen molar-refractivity contribution in [3.05, 3.63) is 40.7 Å². The van der Waals surface area contributed by atoms with Crippen LogP contribution in [0.15, 0.2) is 24.3 Å². The van der Waals surface area contributed by atoms with E-state index >= 15 is 0 Å². The molecule has 1 aromatic carbocycles. The Labute approximate surface area is 178 Å². The zero-order chi connectivity index (χ0) is 20.1. The number of nitrogens with zero attached hydrogens (tertiary/aromatic N) is 3. The first kappa shape index (κ1) is 20.4. The lowest BCUT2D eigenvalue weighted by molar-refractivity contribution is 0.0943. The van der Waals surface area contributed by atoms with Crippen LogP contribution in [0.3, 0.4) is 0 Å². The Bertz CT molecular complexity index is 822. The van der Waals surface area contributed by atoms with Crippen LogP contribution in [0.5, 0.6) is 0 Å². The molecular formula is C23H31ClN4O. The molecule has 0 unspecified atom stereocenters. The number of aromatic nitrogens is 2. The van der Waals surface area contributed by atoms with Gasteiger partial charge in [-0.05, 0) is 69.5 Å². The van der Waals surface area contributed by atoms with E-state index in [0.717, 1.165) is 62.5 Å². The molecule has 4 rings (SSSR count). The summed E-state index contributed by atoms with van der Waals surface area (Å²) in [6.45, 7) is 4.82. The number of hydrogen-bond acceptors (Lipinski definition) is 3. The number of nitrogens with one attached hydrogen (secondary N) is 1. The number of benzene rings is 1. The topological polar surface area (TPSA) is 50.2 Å². The molecule has 0 spiro atoms. The summed E-state index contributed by atoms with van der Waals surface area (Å²) in [5, 5.41) is 3.84. The molecular weight excluding hydrogens is 384 g/mol. The highest BCUT2D eigenvalue weighted by Crippen LogP contribution is 2.28. The Hall–Kier alpha value is -1.85. The van der Waals surface area contributed by atoms with E-state index in [2.05, 4.69) is 14.8 Å². The molecule has 0 bridgehead atoms. The molecule has 3 heterocycles. The number of fused-ring (bicyclic) bond motifs is 1. The van der Waals surface area contributed by atoms with Crippen LogP contribution < -0.4 is 5.32 Å². The molecule has 156 valence electrons. The highest BCUT2D eigenvalue weighted by molar-refractivity contribution is 6.30. The maximum Gasteiger partial charge on any atom is 0.271 e. The van der Waals surface area contributed by atoms with Gasteiger partial charge in [0.25, 0.3) is 5.91 Å². The summed E-state index contributed by atoms with van der Waals surface area (Å²) in [5.74, 6) is 0.849. The van der Waals surface area contributed by atoms with Crippen LogP contribution in [0.2, 0.25) is 5.02 Å². The number of hydrogen-bond donors (Lipinski definition) is 1. The van der Waals surface area contributed by atoms with Crippen molar-refractivity contribution in [3.8, 4) is 11.4 Å². The third-order valence-corrected chi connectivity index (χ3v) is 6.35. The Kier molecular flexibility index (Phi) is 6.88. The highest BCUT2D eigenvalue weighted by atomic mass is 35.5. The molecule has 1 amide bonds. The van der Waals surface area contributed by atoms with Gasteiger partial charge in [0.05, 0.1) is 5.69 Å². The quantitative estimate of drug-likeness (QED) is 0.781. The van der Waals surface area contributed by atoms with Gasteiger partial charge in [-0.25, -0.2) is 4.98 Å². The van der Waals surface area contributed by atoms with Gasteiger partial charge >= 0.3 is 0 Å². The monoisotopic (exact) mass is 414 g/mol. The first-order valence-electron chi connectivity index (χ1n) is 11.1. The molecule has 6 heteroatoms. The smallest absolute Gasteiger partial charge is 0.271 e. The number of carbonyl (C=O) groups excluding carboxylic acids is 1. The number of carbonyl (C=O) groups is 1. The van der Waals surface area contributed by atoms with Crippen molar-refractivity contribution >= 4 is 17.5 Å². The summed E-state index contributed by atoms with van der Waals surface area (Å²) in [6, 6.07) is 7.75. The summed E-state index contributed by atoms with van der Waals surface area (Å²) in [4.78, 5) is 20.3. The molecule has 2 aromatic rings. The second-order valence-corrected chi connectivity index (χ2v) is 8.65. The molecule has 1 N–H and O–H groups in total. The van der Waals surface area contributed by atoms with Crippen LogP contribution in [0.1, 0.15) is 61.1 Å². The molecule has 1 saturated heterocycles. The molecule has 1 fully saturated rings. The number of imidazole rings is 1. The van der Waals surface area contributed by atoms with E-state index in [1.165, 1.54) is 32.1 Å². The minimum absolute atomic E-state index is 0.0364. The lowest BCUT2D eigenvalue weighted by atomic mass is 10.1. The number of likely N-dealkylation sites (tertiary alicyclic amines) is 1. The van der Waals surface area contributed by atoms with Crippen molar-refractivity contribution in [2.75, 3.05) is 26.2 Å². The largest absolute Gasteiger partial charge is 0.349 e. The summed E-state index contributed by atoms with van der Waals surface area (Å²) in [7, 11) is 0. The zero-order valence-electron chi connectivity index (χ0n) is 17.1. The van der Waals surface area contributed by atoms with E-state index in [9.17, 15) is 4.79 Å². The summed E-state index contributed by atoms with van der Waals surface area (Å²) in [6.07, 6.45) is 9.54. The molecule has 0 radical (unpaired) electrons.